The van der Waals surface area contributed by atoms with E-state index in [0.717, 1.165) is 12.1 Å². The molecular formula is C18H21NO. The Morgan fingerprint density at radius 2 is 1.55 bits per heavy atom. The number of anilines is 1. The fraction of sp³-hybridized carbons (Fsp3) is 0.333. The summed E-state index contributed by atoms with van der Waals surface area (Å²) in [6.45, 7) is 4.45. The van der Waals surface area contributed by atoms with E-state index in [9.17, 15) is 0 Å². The van der Waals surface area contributed by atoms with Crippen LogP contribution in [-0.4, -0.2) is 6.10 Å². The number of hydroxylamine groups is 1. The maximum Gasteiger partial charge on any atom is 0.0903 e. The minimum absolute atomic E-state index is 0.278. The van der Waals surface area contributed by atoms with E-state index in [1.165, 1.54) is 5.56 Å². The third kappa shape index (κ3) is 2.56. The van der Waals surface area contributed by atoms with Gasteiger partial charge in [-0.2, -0.15) is 0 Å². The zero-order chi connectivity index (χ0) is 13.9. The molecule has 0 aromatic heterocycles. The van der Waals surface area contributed by atoms with Crippen molar-refractivity contribution in [3.8, 4) is 0 Å². The van der Waals surface area contributed by atoms with Crippen LogP contribution < -0.4 is 5.06 Å². The minimum Gasteiger partial charge on any atom is -0.269 e. The van der Waals surface area contributed by atoms with Crippen LogP contribution in [0.4, 0.5) is 5.69 Å². The van der Waals surface area contributed by atoms with Crippen molar-refractivity contribution in [1.82, 2.24) is 0 Å². The van der Waals surface area contributed by atoms with Crippen molar-refractivity contribution < 1.29 is 4.84 Å². The van der Waals surface area contributed by atoms with E-state index in [4.69, 9.17) is 4.84 Å². The van der Waals surface area contributed by atoms with Gasteiger partial charge in [-0.1, -0.05) is 62.4 Å². The highest BCUT2D eigenvalue weighted by Gasteiger charge is 2.36. The molecule has 2 aromatic rings. The molecule has 0 amide bonds. The van der Waals surface area contributed by atoms with Gasteiger partial charge < -0.3 is 0 Å². The lowest BCUT2D eigenvalue weighted by atomic mass is 9.96. The van der Waals surface area contributed by atoms with Gasteiger partial charge in [-0.05, 0) is 23.6 Å². The van der Waals surface area contributed by atoms with Crippen molar-refractivity contribution >= 4 is 5.69 Å². The molecule has 0 aliphatic carbocycles. The largest absolute Gasteiger partial charge is 0.269 e. The van der Waals surface area contributed by atoms with Crippen LogP contribution in [0.3, 0.4) is 0 Å². The molecule has 20 heavy (non-hydrogen) atoms. The van der Waals surface area contributed by atoms with Gasteiger partial charge in [-0.25, -0.2) is 5.06 Å². The Morgan fingerprint density at radius 3 is 2.15 bits per heavy atom. The molecule has 1 heterocycles. The van der Waals surface area contributed by atoms with Crippen LogP contribution in [0.5, 0.6) is 0 Å². The zero-order valence-corrected chi connectivity index (χ0v) is 12.1. The fourth-order valence-corrected chi connectivity index (χ4v) is 2.73. The van der Waals surface area contributed by atoms with Crippen LogP contribution in [0.25, 0.3) is 0 Å². The summed E-state index contributed by atoms with van der Waals surface area (Å²) in [7, 11) is 0. The van der Waals surface area contributed by atoms with Gasteiger partial charge in [0, 0.05) is 6.42 Å². The molecule has 2 aromatic carbocycles. The van der Waals surface area contributed by atoms with Crippen molar-refractivity contribution in [3.05, 3.63) is 66.2 Å². The predicted octanol–water partition coefficient (Wildman–Crippen LogP) is 4.59. The molecule has 2 atom stereocenters. The van der Waals surface area contributed by atoms with Crippen LogP contribution in [0.2, 0.25) is 0 Å². The number of para-hydroxylation sites is 1. The SMILES string of the molecule is CC(C)C1CC(c2ccccc2)N(c2ccccc2)O1. The van der Waals surface area contributed by atoms with Gasteiger partial charge in [0.05, 0.1) is 17.8 Å². The maximum atomic E-state index is 6.21. The molecule has 0 N–H and O–H groups in total. The molecule has 0 radical (unpaired) electrons. The molecule has 1 saturated heterocycles. The summed E-state index contributed by atoms with van der Waals surface area (Å²) >= 11 is 0. The summed E-state index contributed by atoms with van der Waals surface area (Å²) in [6, 6.07) is 21.3. The van der Waals surface area contributed by atoms with Crippen LogP contribution in [0.1, 0.15) is 31.9 Å². The van der Waals surface area contributed by atoms with Gasteiger partial charge >= 0.3 is 0 Å². The number of rotatable bonds is 3. The van der Waals surface area contributed by atoms with Crippen molar-refractivity contribution in [1.29, 1.82) is 0 Å². The van der Waals surface area contributed by atoms with E-state index in [-0.39, 0.29) is 6.10 Å². The van der Waals surface area contributed by atoms with E-state index in [2.05, 4.69) is 73.5 Å². The molecule has 1 fully saturated rings. The Hall–Kier alpha value is -1.80. The normalized spacial score (nSPS) is 22.4. The summed E-state index contributed by atoms with van der Waals surface area (Å²) in [5.74, 6) is 0.523. The lowest BCUT2D eigenvalue weighted by Gasteiger charge is -2.25. The van der Waals surface area contributed by atoms with Crippen LogP contribution in [0, 0.1) is 5.92 Å². The van der Waals surface area contributed by atoms with Gasteiger partial charge in [0.2, 0.25) is 0 Å². The first-order valence-electron chi connectivity index (χ1n) is 7.31. The van der Waals surface area contributed by atoms with Gasteiger partial charge in [0.15, 0.2) is 0 Å². The second-order valence-electron chi connectivity index (χ2n) is 5.71. The summed E-state index contributed by atoms with van der Waals surface area (Å²) in [5, 5.41) is 2.08. The minimum atomic E-state index is 0.278. The first kappa shape index (κ1) is 13.2. The summed E-state index contributed by atoms with van der Waals surface area (Å²) in [4.78, 5) is 6.21. The fourth-order valence-electron chi connectivity index (χ4n) is 2.73. The standard InChI is InChI=1S/C18H21NO/c1-14(2)18-13-17(15-9-5-3-6-10-15)19(20-18)16-11-7-4-8-12-16/h3-12,14,17-18H,13H2,1-2H3. The van der Waals surface area contributed by atoms with E-state index in [1.807, 2.05) is 6.07 Å². The van der Waals surface area contributed by atoms with Crippen LogP contribution >= 0.6 is 0 Å². The number of hydrogen-bond acceptors (Lipinski definition) is 2. The van der Waals surface area contributed by atoms with E-state index >= 15 is 0 Å². The molecule has 104 valence electrons. The molecule has 1 aliphatic heterocycles. The Bertz CT molecular complexity index is 490. The van der Waals surface area contributed by atoms with Crippen molar-refractivity contribution in [2.24, 2.45) is 5.92 Å². The van der Waals surface area contributed by atoms with Gasteiger partial charge in [-0.3, -0.25) is 4.84 Å². The van der Waals surface area contributed by atoms with Crippen LogP contribution in [-0.2, 0) is 4.84 Å². The van der Waals surface area contributed by atoms with Gasteiger partial charge in [0.25, 0.3) is 0 Å². The van der Waals surface area contributed by atoms with Crippen molar-refractivity contribution in [2.45, 2.75) is 32.4 Å². The van der Waals surface area contributed by atoms with Crippen molar-refractivity contribution in [2.75, 3.05) is 5.06 Å². The number of hydrogen-bond donors (Lipinski definition) is 0. The Morgan fingerprint density at radius 1 is 0.950 bits per heavy atom. The second kappa shape index (κ2) is 5.68. The lowest BCUT2D eigenvalue weighted by molar-refractivity contribution is 0.0530. The summed E-state index contributed by atoms with van der Waals surface area (Å²) in [6.07, 6.45) is 1.32. The molecule has 2 heteroatoms. The molecule has 1 aliphatic rings. The average Bonchev–Trinajstić information content (AvgIpc) is 2.94. The highest BCUT2D eigenvalue weighted by Crippen LogP contribution is 2.39. The van der Waals surface area contributed by atoms with E-state index in [1.54, 1.807) is 0 Å². The molecule has 2 unspecified atom stereocenters. The van der Waals surface area contributed by atoms with E-state index < -0.39 is 0 Å². The molecule has 3 rings (SSSR count). The highest BCUT2D eigenvalue weighted by molar-refractivity contribution is 5.47. The summed E-state index contributed by atoms with van der Waals surface area (Å²) < 4.78 is 0. The predicted molar refractivity (Wildman–Crippen MR) is 82.4 cm³/mol. The maximum absolute atomic E-state index is 6.21. The Balaban J connectivity index is 1.93. The zero-order valence-electron chi connectivity index (χ0n) is 12.1. The smallest absolute Gasteiger partial charge is 0.0903 e. The van der Waals surface area contributed by atoms with Gasteiger partial charge in [0.1, 0.15) is 0 Å². The Kier molecular flexibility index (Phi) is 3.75. The molecule has 0 bridgehead atoms. The highest BCUT2D eigenvalue weighted by atomic mass is 16.7. The first-order chi connectivity index (χ1) is 9.75. The first-order valence-corrected chi connectivity index (χ1v) is 7.31. The van der Waals surface area contributed by atoms with Crippen LogP contribution in [0.15, 0.2) is 60.7 Å². The third-order valence-corrected chi connectivity index (χ3v) is 3.93. The van der Waals surface area contributed by atoms with E-state index in [0.29, 0.717) is 12.0 Å². The lowest BCUT2D eigenvalue weighted by Crippen LogP contribution is -2.23. The average molecular weight is 267 g/mol. The third-order valence-electron chi connectivity index (χ3n) is 3.93. The molecule has 2 nitrogen and oxygen atoms in total. The second-order valence-corrected chi connectivity index (χ2v) is 5.71. The number of nitrogens with zero attached hydrogens (tertiary/aromatic N) is 1. The topological polar surface area (TPSA) is 12.5 Å². The molecule has 0 saturated carbocycles. The molecule has 0 spiro atoms. The summed E-state index contributed by atoms with van der Waals surface area (Å²) in [5.41, 5.74) is 2.45. The van der Waals surface area contributed by atoms with Gasteiger partial charge in [-0.15, -0.1) is 0 Å². The quantitative estimate of drug-likeness (QED) is 0.806. The Labute approximate surface area is 120 Å². The monoisotopic (exact) mass is 267 g/mol. The van der Waals surface area contributed by atoms with Crippen molar-refractivity contribution in [3.63, 3.8) is 0 Å². The molecular weight excluding hydrogens is 246 g/mol. The number of benzene rings is 2.